The van der Waals surface area contributed by atoms with Gasteiger partial charge in [-0.2, -0.15) is 26.3 Å². The Balaban J connectivity index is 1.94. The number of nitrogens with zero attached hydrogens (tertiary/aromatic N) is 3. The van der Waals surface area contributed by atoms with Gasteiger partial charge in [0.2, 0.25) is 0 Å². The van der Waals surface area contributed by atoms with Crippen molar-refractivity contribution in [1.82, 2.24) is 9.88 Å². The van der Waals surface area contributed by atoms with Crippen LogP contribution < -0.4 is 4.31 Å². The summed E-state index contributed by atoms with van der Waals surface area (Å²) in [6.07, 6.45) is -14.2. The topological polar surface area (TPSA) is 83.0 Å². The molecule has 1 aromatic heterocycles. The largest absolute Gasteiger partial charge is 0.434 e. The smallest absolute Gasteiger partial charge is 0.426 e. The Hall–Kier alpha value is -2.09. The highest BCUT2D eigenvalue weighted by Crippen LogP contribution is 2.36. The zero-order valence-electron chi connectivity index (χ0n) is 14.7. The van der Waals surface area contributed by atoms with Crippen LogP contribution in [0.4, 0.5) is 36.8 Å². The third-order valence-corrected chi connectivity index (χ3v) is 4.97. The summed E-state index contributed by atoms with van der Waals surface area (Å²) in [7, 11) is 0. The first-order chi connectivity index (χ1) is 13.4. The standard InChI is InChI=1S/C15H17F6N3O4S/c16-14(17,18)12(15(19,20)21)28-13(25)23-6-3-10(4-7-23)9-24(29(26)27)11-2-1-5-22-8-11/h1-2,5,8,10,12H,3-4,6-7,9H2,(H,26,27). The number of carbonyl (C=O) groups excluding carboxylic acids is 1. The van der Waals surface area contributed by atoms with Crippen molar-refractivity contribution in [1.29, 1.82) is 0 Å². The molecule has 1 N–H and O–H groups in total. The van der Waals surface area contributed by atoms with Crippen molar-refractivity contribution in [2.45, 2.75) is 31.3 Å². The Bertz CT molecular complexity index is 696. The van der Waals surface area contributed by atoms with Crippen LogP contribution in [0.5, 0.6) is 0 Å². The van der Waals surface area contributed by atoms with E-state index in [-0.39, 0.29) is 38.4 Å². The molecular weight excluding hydrogens is 432 g/mol. The van der Waals surface area contributed by atoms with E-state index in [2.05, 4.69) is 9.72 Å². The lowest BCUT2D eigenvalue weighted by atomic mass is 9.97. The van der Waals surface area contributed by atoms with E-state index in [9.17, 15) is 39.9 Å². The third-order valence-electron chi connectivity index (χ3n) is 4.23. The summed E-state index contributed by atoms with van der Waals surface area (Å²) in [4.78, 5) is 16.4. The van der Waals surface area contributed by atoms with Crippen LogP contribution in [0, 0.1) is 5.92 Å². The molecule has 164 valence electrons. The molecule has 29 heavy (non-hydrogen) atoms. The SMILES string of the molecule is O=C(OC(C(F)(F)F)C(F)(F)F)N1CCC(CN(c2cccnc2)S(=O)O)CC1. The van der Waals surface area contributed by atoms with Crippen molar-refractivity contribution in [3.8, 4) is 0 Å². The summed E-state index contributed by atoms with van der Waals surface area (Å²) < 4.78 is 101. The number of alkyl halides is 6. The van der Waals surface area contributed by atoms with Crippen LogP contribution >= 0.6 is 0 Å². The van der Waals surface area contributed by atoms with E-state index in [1.807, 2.05) is 0 Å². The van der Waals surface area contributed by atoms with Gasteiger partial charge < -0.3 is 9.64 Å². The molecule has 1 saturated heterocycles. The van der Waals surface area contributed by atoms with Crippen LogP contribution in [0.2, 0.25) is 0 Å². The zero-order chi connectivity index (χ0) is 21.8. The average molecular weight is 449 g/mol. The van der Waals surface area contributed by atoms with Crippen LogP contribution in [0.25, 0.3) is 0 Å². The number of ether oxygens (including phenoxy) is 1. The predicted molar refractivity (Wildman–Crippen MR) is 89.0 cm³/mol. The Morgan fingerprint density at radius 2 is 1.86 bits per heavy atom. The number of pyridine rings is 1. The maximum atomic E-state index is 12.5. The number of halogens is 6. The number of anilines is 1. The number of likely N-dealkylation sites (tertiary alicyclic amines) is 1. The van der Waals surface area contributed by atoms with Crippen LogP contribution in [-0.2, 0) is 16.0 Å². The van der Waals surface area contributed by atoms with Gasteiger partial charge in [-0.1, -0.05) is 0 Å². The van der Waals surface area contributed by atoms with Crippen molar-refractivity contribution in [3.05, 3.63) is 24.5 Å². The number of carbonyl (C=O) groups is 1. The molecule has 0 radical (unpaired) electrons. The minimum absolute atomic E-state index is 0.0887. The molecule has 0 saturated carbocycles. The minimum atomic E-state index is -5.78. The highest BCUT2D eigenvalue weighted by atomic mass is 32.2. The molecule has 1 aliphatic rings. The Kier molecular flexibility index (Phi) is 7.32. The number of aromatic nitrogens is 1. The summed E-state index contributed by atoms with van der Waals surface area (Å²) in [6, 6.07) is 3.12. The minimum Gasteiger partial charge on any atom is -0.426 e. The second-order valence-electron chi connectivity index (χ2n) is 6.28. The van der Waals surface area contributed by atoms with Gasteiger partial charge in [0.15, 0.2) is 0 Å². The fourth-order valence-electron chi connectivity index (χ4n) is 2.79. The molecule has 7 nitrogen and oxygen atoms in total. The molecule has 14 heteroatoms. The van der Waals surface area contributed by atoms with Gasteiger partial charge in [-0.3, -0.25) is 13.8 Å². The Morgan fingerprint density at radius 1 is 1.28 bits per heavy atom. The first-order valence-electron chi connectivity index (χ1n) is 8.27. The first-order valence-corrected chi connectivity index (χ1v) is 9.33. The molecular formula is C15H17F6N3O4S. The van der Waals surface area contributed by atoms with Gasteiger partial charge in [0.1, 0.15) is 0 Å². The molecule has 1 amide bonds. The van der Waals surface area contributed by atoms with Crippen LogP contribution in [-0.4, -0.2) is 62.8 Å². The van der Waals surface area contributed by atoms with Gasteiger partial charge >= 0.3 is 18.4 Å². The molecule has 1 aliphatic heterocycles. The molecule has 0 spiro atoms. The molecule has 0 bridgehead atoms. The normalized spacial score (nSPS) is 17.3. The quantitative estimate of drug-likeness (QED) is 0.551. The summed E-state index contributed by atoms with van der Waals surface area (Å²) >= 11 is -2.36. The predicted octanol–water partition coefficient (Wildman–Crippen LogP) is 3.37. The molecule has 1 atom stereocenters. The van der Waals surface area contributed by atoms with E-state index < -0.39 is 35.8 Å². The number of piperidine rings is 1. The lowest BCUT2D eigenvalue weighted by Crippen LogP contribution is -2.49. The fourth-order valence-corrected chi connectivity index (χ4v) is 3.41. The van der Waals surface area contributed by atoms with Crippen molar-refractivity contribution < 1.29 is 44.6 Å². The number of hydrogen-bond donors (Lipinski definition) is 1. The van der Waals surface area contributed by atoms with Gasteiger partial charge in [0.05, 0.1) is 11.9 Å². The van der Waals surface area contributed by atoms with E-state index in [0.717, 1.165) is 9.21 Å². The molecule has 1 fully saturated rings. The first kappa shape index (κ1) is 23.2. The summed E-state index contributed by atoms with van der Waals surface area (Å²) in [5, 5.41) is 0. The summed E-state index contributed by atoms with van der Waals surface area (Å²) in [5.74, 6) is -0.226. The van der Waals surface area contributed by atoms with E-state index >= 15 is 0 Å². The highest BCUT2D eigenvalue weighted by molar-refractivity contribution is 7.80. The third kappa shape index (κ3) is 6.45. The van der Waals surface area contributed by atoms with Crippen molar-refractivity contribution in [2.24, 2.45) is 5.92 Å². The number of rotatable bonds is 5. The monoisotopic (exact) mass is 449 g/mol. The van der Waals surface area contributed by atoms with Gasteiger partial charge in [-0.25, -0.2) is 9.00 Å². The van der Waals surface area contributed by atoms with Gasteiger partial charge in [0.25, 0.3) is 17.4 Å². The van der Waals surface area contributed by atoms with E-state index in [0.29, 0.717) is 5.69 Å². The van der Waals surface area contributed by atoms with Gasteiger partial charge in [-0.15, -0.1) is 0 Å². The van der Waals surface area contributed by atoms with Crippen molar-refractivity contribution >= 4 is 23.0 Å². The van der Waals surface area contributed by atoms with Crippen LogP contribution in [0.3, 0.4) is 0 Å². The van der Waals surface area contributed by atoms with Gasteiger partial charge in [0, 0.05) is 25.8 Å². The van der Waals surface area contributed by atoms with Crippen molar-refractivity contribution in [2.75, 3.05) is 23.9 Å². The number of amides is 1. The Labute approximate surface area is 164 Å². The lowest BCUT2D eigenvalue weighted by molar-refractivity contribution is -0.308. The van der Waals surface area contributed by atoms with Crippen LogP contribution in [0.1, 0.15) is 12.8 Å². The zero-order valence-corrected chi connectivity index (χ0v) is 15.5. The molecule has 1 unspecified atom stereocenters. The van der Waals surface area contributed by atoms with E-state index in [4.69, 9.17) is 0 Å². The lowest BCUT2D eigenvalue weighted by Gasteiger charge is -2.34. The second kappa shape index (κ2) is 9.15. The maximum absolute atomic E-state index is 12.5. The summed E-state index contributed by atoms with van der Waals surface area (Å²) in [5.41, 5.74) is 0.369. The fraction of sp³-hybridized carbons (Fsp3) is 0.600. The molecule has 2 rings (SSSR count). The molecule has 0 aliphatic carbocycles. The molecule has 0 aromatic carbocycles. The summed E-state index contributed by atoms with van der Waals surface area (Å²) in [6.45, 7) is -0.207. The number of hydrogen-bond acceptors (Lipinski definition) is 4. The second-order valence-corrected chi connectivity index (χ2v) is 7.18. The molecule has 2 heterocycles. The van der Waals surface area contributed by atoms with E-state index in [1.165, 1.54) is 12.4 Å². The highest BCUT2D eigenvalue weighted by Gasteiger charge is 2.60. The molecule has 1 aromatic rings. The maximum Gasteiger partial charge on any atom is 0.434 e. The average Bonchev–Trinajstić information content (AvgIpc) is 2.63. The van der Waals surface area contributed by atoms with Crippen molar-refractivity contribution in [3.63, 3.8) is 0 Å². The van der Waals surface area contributed by atoms with Gasteiger partial charge in [-0.05, 0) is 30.9 Å². The Morgan fingerprint density at radius 3 is 2.31 bits per heavy atom. The van der Waals surface area contributed by atoms with Crippen LogP contribution in [0.15, 0.2) is 24.5 Å². The van der Waals surface area contributed by atoms with E-state index in [1.54, 1.807) is 12.1 Å².